The first-order valence-corrected chi connectivity index (χ1v) is 9.15. The number of hydrogen-bond donors (Lipinski definition) is 2. The van der Waals surface area contributed by atoms with E-state index in [1.54, 1.807) is 0 Å². The SMILES string of the molecule is CCNC(=NCc1nnc2ccccn12)NC1CC1c1ccccc1C.I. The molecule has 0 saturated heterocycles. The number of pyridine rings is 1. The van der Waals surface area contributed by atoms with Gasteiger partial charge in [0.15, 0.2) is 17.4 Å². The summed E-state index contributed by atoms with van der Waals surface area (Å²) in [7, 11) is 0. The molecule has 0 spiro atoms. The molecule has 1 aliphatic carbocycles. The normalized spacial score (nSPS) is 18.8. The van der Waals surface area contributed by atoms with Crippen molar-refractivity contribution in [3.05, 3.63) is 65.6 Å². The van der Waals surface area contributed by atoms with Gasteiger partial charge in [-0.15, -0.1) is 34.2 Å². The van der Waals surface area contributed by atoms with Gasteiger partial charge in [0.2, 0.25) is 0 Å². The number of aliphatic imine (C=N–C) groups is 1. The molecule has 2 N–H and O–H groups in total. The molecule has 1 aliphatic rings. The van der Waals surface area contributed by atoms with E-state index < -0.39 is 0 Å². The number of rotatable bonds is 5. The zero-order valence-electron chi connectivity index (χ0n) is 15.6. The van der Waals surface area contributed by atoms with E-state index in [4.69, 9.17) is 4.99 Å². The van der Waals surface area contributed by atoms with Gasteiger partial charge in [-0.05, 0) is 43.5 Å². The zero-order valence-corrected chi connectivity index (χ0v) is 17.9. The molecular formula is C20H25IN6. The molecule has 6 nitrogen and oxygen atoms in total. The average molecular weight is 476 g/mol. The number of aryl methyl sites for hydroxylation is 1. The smallest absolute Gasteiger partial charge is 0.191 e. The molecule has 0 bridgehead atoms. The van der Waals surface area contributed by atoms with Crippen molar-refractivity contribution in [3.63, 3.8) is 0 Å². The van der Waals surface area contributed by atoms with Gasteiger partial charge in [-0.2, -0.15) is 0 Å². The molecule has 7 heteroatoms. The van der Waals surface area contributed by atoms with Crippen LogP contribution < -0.4 is 10.6 Å². The van der Waals surface area contributed by atoms with Crippen molar-refractivity contribution in [1.29, 1.82) is 0 Å². The van der Waals surface area contributed by atoms with E-state index in [1.807, 2.05) is 28.8 Å². The summed E-state index contributed by atoms with van der Waals surface area (Å²) in [6.45, 7) is 5.58. The number of nitrogens with one attached hydrogen (secondary N) is 2. The van der Waals surface area contributed by atoms with Gasteiger partial charge in [-0.25, -0.2) is 4.99 Å². The second-order valence-corrected chi connectivity index (χ2v) is 6.69. The lowest BCUT2D eigenvalue weighted by Gasteiger charge is -2.11. The molecule has 2 atom stereocenters. The highest BCUT2D eigenvalue weighted by Crippen LogP contribution is 2.42. The maximum absolute atomic E-state index is 4.71. The molecule has 142 valence electrons. The fraction of sp³-hybridized carbons (Fsp3) is 0.350. The van der Waals surface area contributed by atoms with Crippen molar-refractivity contribution in [2.24, 2.45) is 4.99 Å². The topological polar surface area (TPSA) is 66.6 Å². The summed E-state index contributed by atoms with van der Waals surface area (Å²) in [5.74, 6) is 2.24. The van der Waals surface area contributed by atoms with E-state index in [-0.39, 0.29) is 24.0 Å². The second-order valence-electron chi connectivity index (χ2n) is 6.69. The van der Waals surface area contributed by atoms with Crippen LogP contribution in [0.4, 0.5) is 0 Å². The summed E-state index contributed by atoms with van der Waals surface area (Å²) in [4.78, 5) is 4.71. The molecule has 3 aromatic rings. The average Bonchev–Trinajstić information content (AvgIpc) is 3.29. The fourth-order valence-electron chi connectivity index (χ4n) is 3.35. The van der Waals surface area contributed by atoms with E-state index in [0.29, 0.717) is 18.5 Å². The second kappa shape index (κ2) is 8.69. The first kappa shape index (κ1) is 19.6. The largest absolute Gasteiger partial charge is 0.357 e. The number of guanidine groups is 1. The molecule has 4 rings (SSSR count). The Morgan fingerprint density at radius 3 is 2.81 bits per heavy atom. The van der Waals surface area contributed by atoms with Gasteiger partial charge in [0.1, 0.15) is 6.54 Å². The van der Waals surface area contributed by atoms with Crippen LogP contribution >= 0.6 is 24.0 Å². The van der Waals surface area contributed by atoms with Crippen molar-refractivity contribution >= 4 is 35.6 Å². The van der Waals surface area contributed by atoms with Crippen molar-refractivity contribution in [2.75, 3.05) is 6.54 Å². The lowest BCUT2D eigenvalue weighted by atomic mass is 10.0. The first-order chi connectivity index (χ1) is 12.8. The quantitative estimate of drug-likeness (QED) is 0.337. The summed E-state index contributed by atoms with van der Waals surface area (Å²) in [6.07, 6.45) is 3.11. The Kier molecular flexibility index (Phi) is 6.30. The molecule has 2 unspecified atom stereocenters. The molecule has 1 fully saturated rings. The van der Waals surface area contributed by atoms with E-state index in [0.717, 1.165) is 30.4 Å². The van der Waals surface area contributed by atoms with E-state index in [9.17, 15) is 0 Å². The van der Waals surface area contributed by atoms with Crippen molar-refractivity contribution in [1.82, 2.24) is 25.2 Å². The number of halogens is 1. The number of aromatic nitrogens is 3. The van der Waals surface area contributed by atoms with Gasteiger partial charge < -0.3 is 10.6 Å². The van der Waals surface area contributed by atoms with Crippen molar-refractivity contribution < 1.29 is 0 Å². The Balaban J connectivity index is 0.00000210. The van der Waals surface area contributed by atoms with Crippen LogP contribution in [0.25, 0.3) is 5.65 Å². The maximum atomic E-state index is 4.71. The lowest BCUT2D eigenvalue weighted by molar-refractivity contribution is 0.782. The standard InChI is InChI=1S/C20H24N6.HI/c1-3-21-20(22-13-19-25-24-18-10-6-7-11-26(18)19)23-17-12-16(17)15-9-5-4-8-14(15)2;/h4-11,16-17H,3,12-13H2,1-2H3,(H2,21,22,23);1H. The van der Waals surface area contributed by atoms with Crippen LogP contribution in [0.3, 0.4) is 0 Å². The fourth-order valence-corrected chi connectivity index (χ4v) is 3.35. The van der Waals surface area contributed by atoms with E-state index >= 15 is 0 Å². The van der Waals surface area contributed by atoms with Gasteiger partial charge in [0.05, 0.1) is 0 Å². The minimum Gasteiger partial charge on any atom is -0.357 e. The molecule has 27 heavy (non-hydrogen) atoms. The summed E-state index contributed by atoms with van der Waals surface area (Å²) < 4.78 is 1.97. The van der Waals surface area contributed by atoms with Crippen LogP contribution in [0.5, 0.6) is 0 Å². The lowest BCUT2D eigenvalue weighted by Crippen LogP contribution is -2.39. The highest BCUT2D eigenvalue weighted by atomic mass is 127. The highest BCUT2D eigenvalue weighted by Gasteiger charge is 2.39. The molecular weight excluding hydrogens is 451 g/mol. The molecule has 1 aromatic carbocycles. The summed E-state index contributed by atoms with van der Waals surface area (Å²) in [5, 5.41) is 15.3. The minimum atomic E-state index is 0. The van der Waals surface area contributed by atoms with Gasteiger partial charge in [-0.1, -0.05) is 30.3 Å². The third-order valence-corrected chi connectivity index (χ3v) is 4.81. The monoisotopic (exact) mass is 476 g/mol. The summed E-state index contributed by atoms with van der Waals surface area (Å²) in [5.41, 5.74) is 3.64. The van der Waals surface area contributed by atoms with Crippen LogP contribution in [0.1, 0.15) is 36.2 Å². The molecule has 2 aromatic heterocycles. The highest BCUT2D eigenvalue weighted by molar-refractivity contribution is 14.0. The molecule has 0 aliphatic heterocycles. The van der Waals surface area contributed by atoms with Gasteiger partial charge >= 0.3 is 0 Å². The predicted molar refractivity (Wildman–Crippen MR) is 119 cm³/mol. The van der Waals surface area contributed by atoms with E-state index in [1.165, 1.54) is 11.1 Å². The zero-order chi connectivity index (χ0) is 17.9. The van der Waals surface area contributed by atoms with Crippen LogP contribution in [0.15, 0.2) is 53.7 Å². The number of nitrogens with zero attached hydrogens (tertiary/aromatic N) is 4. The number of fused-ring (bicyclic) bond motifs is 1. The summed E-state index contributed by atoms with van der Waals surface area (Å²) in [6, 6.07) is 14.9. The van der Waals surface area contributed by atoms with Crippen LogP contribution in [0, 0.1) is 6.92 Å². The van der Waals surface area contributed by atoms with Gasteiger partial charge in [0.25, 0.3) is 0 Å². The van der Waals surface area contributed by atoms with Crippen molar-refractivity contribution in [3.8, 4) is 0 Å². The predicted octanol–water partition coefficient (Wildman–Crippen LogP) is 3.27. The van der Waals surface area contributed by atoms with Gasteiger partial charge in [0, 0.05) is 24.7 Å². The molecule has 0 radical (unpaired) electrons. The summed E-state index contributed by atoms with van der Waals surface area (Å²) >= 11 is 0. The molecule has 0 amide bonds. The third-order valence-electron chi connectivity index (χ3n) is 4.81. The maximum Gasteiger partial charge on any atom is 0.191 e. The van der Waals surface area contributed by atoms with Crippen LogP contribution in [-0.2, 0) is 6.54 Å². The van der Waals surface area contributed by atoms with Crippen LogP contribution in [0.2, 0.25) is 0 Å². The van der Waals surface area contributed by atoms with Gasteiger partial charge in [-0.3, -0.25) is 4.40 Å². The Labute approximate surface area is 176 Å². The van der Waals surface area contributed by atoms with Crippen molar-refractivity contribution in [2.45, 2.75) is 38.8 Å². The van der Waals surface area contributed by atoms with E-state index in [2.05, 4.69) is 58.9 Å². The Morgan fingerprint density at radius 2 is 2.00 bits per heavy atom. The molecule has 1 saturated carbocycles. The first-order valence-electron chi connectivity index (χ1n) is 9.15. The Bertz CT molecular complexity index is 935. The Morgan fingerprint density at radius 1 is 1.19 bits per heavy atom. The third kappa shape index (κ3) is 4.40. The number of benzene rings is 1. The Hall–Kier alpha value is -2.16. The number of hydrogen-bond acceptors (Lipinski definition) is 3. The van der Waals surface area contributed by atoms with Crippen LogP contribution in [-0.4, -0.2) is 33.1 Å². The minimum absolute atomic E-state index is 0. The molecule has 2 heterocycles.